The predicted octanol–water partition coefficient (Wildman–Crippen LogP) is 4.64. The van der Waals surface area contributed by atoms with Crippen LogP contribution in [0.4, 0.5) is 11.6 Å². The summed E-state index contributed by atoms with van der Waals surface area (Å²) < 4.78 is 5.54. The van der Waals surface area contributed by atoms with E-state index in [9.17, 15) is 0 Å². The van der Waals surface area contributed by atoms with Crippen molar-refractivity contribution < 1.29 is 4.74 Å². The van der Waals surface area contributed by atoms with Gasteiger partial charge in [0.05, 0.1) is 12.8 Å². The molecule has 1 saturated heterocycles. The zero-order valence-corrected chi connectivity index (χ0v) is 18.7. The average molecular weight is 426 g/mol. The van der Waals surface area contributed by atoms with Crippen LogP contribution in [0, 0.1) is 13.8 Å². The number of anilines is 2. The predicted molar refractivity (Wildman–Crippen MR) is 130 cm³/mol. The van der Waals surface area contributed by atoms with Crippen molar-refractivity contribution in [3.63, 3.8) is 0 Å². The van der Waals surface area contributed by atoms with Crippen LogP contribution in [0.15, 0.2) is 60.7 Å². The fourth-order valence-corrected chi connectivity index (χ4v) is 4.24. The third kappa shape index (κ3) is 3.84. The standard InChI is InChI=1S/C26H27N5O/c1-18-7-9-20(10-8-18)22-11-12-24(29-28-22)30-13-15-31(16-14-30)25-17-19(2)21-5-4-6-23(32-3)26(21)27-25/h4-12,17H,13-16H2,1-3H3. The molecule has 1 fully saturated rings. The van der Waals surface area contributed by atoms with Gasteiger partial charge in [-0.05, 0) is 43.7 Å². The van der Waals surface area contributed by atoms with E-state index in [0.29, 0.717) is 0 Å². The molecular weight excluding hydrogens is 398 g/mol. The summed E-state index contributed by atoms with van der Waals surface area (Å²) in [5.41, 5.74) is 5.37. The molecule has 0 atom stereocenters. The minimum Gasteiger partial charge on any atom is -0.494 e. The van der Waals surface area contributed by atoms with E-state index in [1.807, 2.05) is 12.1 Å². The van der Waals surface area contributed by atoms with Gasteiger partial charge in [-0.3, -0.25) is 0 Å². The van der Waals surface area contributed by atoms with Crippen LogP contribution in [-0.2, 0) is 0 Å². The number of benzene rings is 2. The molecule has 3 heterocycles. The zero-order chi connectivity index (χ0) is 22.1. The third-order valence-corrected chi connectivity index (χ3v) is 6.14. The van der Waals surface area contributed by atoms with Crippen molar-refractivity contribution in [2.24, 2.45) is 0 Å². The lowest BCUT2D eigenvalue weighted by molar-refractivity contribution is 0.419. The molecule has 0 aliphatic carbocycles. The number of fused-ring (bicyclic) bond motifs is 1. The van der Waals surface area contributed by atoms with Crippen LogP contribution in [0.1, 0.15) is 11.1 Å². The number of hydrogen-bond donors (Lipinski definition) is 0. The Bertz CT molecular complexity index is 1230. The van der Waals surface area contributed by atoms with Crippen LogP contribution in [0.5, 0.6) is 5.75 Å². The van der Waals surface area contributed by atoms with Gasteiger partial charge in [0.2, 0.25) is 0 Å². The highest BCUT2D eigenvalue weighted by atomic mass is 16.5. The van der Waals surface area contributed by atoms with E-state index in [1.54, 1.807) is 7.11 Å². The third-order valence-electron chi connectivity index (χ3n) is 6.14. The van der Waals surface area contributed by atoms with E-state index in [0.717, 1.165) is 65.7 Å². The Morgan fingerprint density at radius 2 is 1.50 bits per heavy atom. The number of aryl methyl sites for hydroxylation is 2. The average Bonchev–Trinajstić information content (AvgIpc) is 2.84. The largest absolute Gasteiger partial charge is 0.494 e. The summed E-state index contributed by atoms with van der Waals surface area (Å²) in [7, 11) is 1.70. The molecule has 32 heavy (non-hydrogen) atoms. The van der Waals surface area contributed by atoms with Crippen LogP contribution < -0.4 is 14.5 Å². The number of rotatable bonds is 4. The second kappa shape index (κ2) is 8.46. The van der Waals surface area contributed by atoms with Crippen molar-refractivity contribution in [1.29, 1.82) is 0 Å². The summed E-state index contributed by atoms with van der Waals surface area (Å²) in [5, 5.41) is 10.1. The molecule has 4 aromatic rings. The molecular formula is C26H27N5O. The van der Waals surface area contributed by atoms with Crippen LogP contribution in [0.25, 0.3) is 22.2 Å². The maximum Gasteiger partial charge on any atom is 0.151 e. The number of ether oxygens (including phenoxy) is 1. The topological polar surface area (TPSA) is 54.4 Å². The molecule has 1 aliphatic rings. The Balaban J connectivity index is 1.30. The summed E-state index contributed by atoms with van der Waals surface area (Å²) in [5.74, 6) is 2.74. The van der Waals surface area contributed by atoms with Crippen LogP contribution >= 0.6 is 0 Å². The number of pyridine rings is 1. The smallest absolute Gasteiger partial charge is 0.151 e. The van der Waals surface area contributed by atoms with Gasteiger partial charge in [-0.2, -0.15) is 0 Å². The van der Waals surface area contributed by atoms with Crippen molar-refractivity contribution in [2.45, 2.75) is 13.8 Å². The molecule has 6 heteroatoms. The second-order valence-electron chi connectivity index (χ2n) is 8.27. The monoisotopic (exact) mass is 425 g/mol. The van der Waals surface area contributed by atoms with E-state index in [-0.39, 0.29) is 0 Å². The fourth-order valence-electron chi connectivity index (χ4n) is 4.24. The maximum atomic E-state index is 5.54. The first-order valence-corrected chi connectivity index (χ1v) is 11.0. The number of hydrogen-bond acceptors (Lipinski definition) is 6. The normalized spacial score (nSPS) is 14.1. The number of para-hydroxylation sites is 1. The van der Waals surface area contributed by atoms with Gasteiger partial charge in [0, 0.05) is 37.1 Å². The highest BCUT2D eigenvalue weighted by Gasteiger charge is 2.21. The molecule has 6 nitrogen and oxygen atoms in total. The lowest BCUT2D eigenvalue weighted by Gasteiger charge is -2.36. The summed E-state index contributed by atoms with van der Waals surface area (Å²) in [6, 6.07) is 20.8. The number of methoxy groups -OCH3 is 1. The van der Waals surface area contributed by atoms with Crippen LogP contribution in [0.2, 0.25) is 0 Å². The van der Waals surface area contributed by atoms with Gasteiger partial charge in [-0.25, -0.2) is 4.98 Å². The Morgan fingerprint density at radius 3 is 2.16 bits per heavy atom. The van der Waals surface area contributed by atoms with Gasteiger partial charge in [0.15, 0.2) is 5.82 Å². The lowest BCUT2D eigenvalue weighted by Crippen LogP contribution is -2.47. The fraction of sp³-hybridized carbons (Fsp3) is 0.269. The molecule has 0 bridgehead atoms. The second-order valence-corrected chi connectivity index (χ2v) is 8.27. The number of nitrogens with zero attached hydrogens (tertiary/aromatic N) is 5. The molecule has 0 amide bonds. The van der Waals surface area contributed by atoms with Gasteiger partial charge in [-0.1, -0.05) is 42.0 Å². The summed E-state index contributed by atoms with van der Waals surface area (Å²) in [4.78, 5) is 9.56. The Morgan fingerprint density at radius 1 is 0.781 bits per heavy atom. The van der Waals surface area contributed by atoms with E-state index >= 15 is 0 Å². The number of piperazine rings is 1. The Labute approximate surface area is 188 Å². The minimum atomic E-state index is 0.815. The van der Waals surface area contributed by atoms with Crippen molar-refractivity contribution in [3.8, 4) is 17.0 Å². The van der Waals surface area contributed by atoms with E-state index in [1.165, 1.54) is 11.1 Å². The molecule has 2 aromatic heterocycles. The summed E-state index contributed by atoms with van der Waals surface area (Å²) >= 11 is 0. The first-order chi connectivity index (χ1) is 15.6. The van der Waals surface area contributed by atoms with Crippen LogP contribution in [-0.4, -0.2) is 48.5 Å². The summed E-state index contributed by atoms with van der Waals surface area (Å²) in [6.45, 7) is 7.74. The van der Waals surface area contributed by atoms with E-state index in [4.69, 9.17) is 9.72 Å². The number of aromatic nitrogens is 3. The molecule has 162 valence electrons. The quantitative estimate of drug-likeness (QED) is 0.475. The van der Waals surface area contributed by atoms with Crippen LogP contribution in [0.3, 0.4) is 0 Å². The molecule has 0 N–H and O–H groups in total. The molecule has 0 radical (unpaired) electrons. The zero-order valence-electron chi connectivity index (χ0n) is 18.7. The molecule has 0 saturated carbocycles. The minimum absolute atomic E-state index is 0.815. The van der Waals surface area contributed by atoms with Gasteiger partial charge in [0.25, 0.3) is 0 Å². The van der Waals surface area contributed by atoms with Crippen molar-refractivity contribution in [2.75, 3.05) is 43.1 Å². The van der Waals surface area contributed by atoms with Crippen molar-refractivity contribution in [1.82, 2.24) is 15.2 Å². The maximum absolute atomic E-state index is 5.54. The van der Waals surface area contributed by atoms with Gasteiger partial charge < -0.3 is 14.5 Å². The molecule has 0 unspecified atom stereocenters. The highest BCUT2D eigenvalue weighted by Crippen LogP contribution is 2.30. The van der Waals surface area contributed by atoms with Gasteiger partial charge in [0.1, 0.15) is 17.1 Å². The lowest BCUT2D eigenvalue weighted by atomic mass is 10.1. The Kier molecular flexibility index (Phi) is 5.35. The first kappa shape index (κ1) is 20.2. The van der Waals surface area contributed by atoms with Gasteiger partial charge in [-0.15, -0.1) is 10.2 Å². The Hall–Kier alpha value is -3.67. The van der Waals surface area contributed by atoms with E-state index < -0.39 is 0 Å². The molecule has 0 spiro atoms. The first-order valence-electron chi connectivity index (χ1n) is 11.0. The summed E-state index contributed by atoms with van der Waals surface area (Å²) in [6.07, 6.45) is 0. The molecule has 1 aliphatic heterocycles. The van der Waals surface area contributed by atoms with Crippen molar-refractivity contribution >= 4 is 22.5 Å². The van der Waals surface area contributed by atoms with E-state index in [2.05, 4.69) is 82.4 Å². The SMILES string of the molecule is COc1cccc2c(C)cc(N3CCN(c4ccc(-c5ccc(C)cc5)nn4)CC3)nc12. The van der Waals surface area contributed by atoms with Crippen molar-refractivity contribution in [3.05, 3.63) is 71.8 Å². The molecule has 2 aromatic carbocycles. The molecule has 5 rings (SSSR count). The highest BCUT2D eigenvalue weighted by molar-refractivity contribution is 5.89. The van der Waals surface area contributed by atoms with Gasteiger partial charge >= 0.3 is 0 Å².